The molecule has 2 aromatic carbocycles. The van der Waals surface area contributed by atoms with E-state index in [2.05, 4.69) is 20.2 Å². The zero-order chi connectivity index (χ0) is 21.0. The summed E-state index contributed by atoms with van der Waals surface area (Å²) in [5.74, 6) is 0.674. The smallest absolute Gasteiger partial charge is 0.239 e. The molecule has 0 unspecified atom stereocenters. The third kappa shape index (κ3) is 4.56. The van der Waals surface area contributed by atoms with Crippen molar-refractivity contribution in [3.8, 4) is 11.1 Å². The van der Waals surface area contributed by atoms with E-state index in [4.69, 9.17) is 16.6 Å². The molecule has 1 aliphatic rings. The minimum Gasteiger partial charge on any atom is -0.384 e. The fourth-order valence-corrected chi connectivity index (χ4v) is 4.08. The lowest BCUT2D eigenvalue weighted by atomic mass is 9.96. The van der Waals surface area contributed by atoms with E-state index in [1.54, 1.807) is 13.0 Å². The van der Waals surface area contributed by atoms with E-state index in [1.807, 2.05) is 30.3 Å². The van der Waals surface area contributed by atoms with Crippen LogP contribution in [-0.4, -0.2) is 39.8 Å². The van der Waals surface area contributed by atoms with Crippen molar-refractivity contribution in [3.63, 3.8) is 0 Å². The number of nitrogens with two attached hydrogens (primary N) is 3. The molecule has 0 atom stereocenters. The average molecular weight is 414 g/mol. The Hall–Kier alpha value is -2.95. The number of aryl methyl sites for hydroxylation is 1. The largest absolute Gasteiger partial charge is 0.384 e. The molecule has 29 heavy (non-hydrogen) atoms. The molecule has 0 aliphatic carbocycles. The van der Waals surface area contributed by atoms with Crippen LogP contribution in [0.1, 0.15) is 23.1 Å². The summed E-state index contributed by atoms with van der Waals surface area (Å²) in [6.07, 6.45) is 0.762. The quantitative estimate of drug-likeness (QED) is 0.356. The summed E-state index contributed by atoms with van der Waals surface area (Å²) in [7, 11) is -4.00. The molecule has 0 radical (unpaired) electrons. The van der Waals surface area contributed by atoms with Gasteiger partial charge in [0.15, 0.2) is 12.5 Å². The van der Waals surface area contributed by atoms with Crippen LogP contribution in [0.2, 0.25) is 0 Å². The predicted molar refractivity (Wildman–Crippen MR) is 114 cm³/mol. The SMILES string of the molecule is Cc1ccc(-c2ccc(C(N)=NCCCN)cc2)c(C2=NCN=N2)c1S(N)(=O)=O. The van der Waals surface area contributed by atoms with Crippen molar-refractivity contribution in [1.82, 2.24) is 0 Å². The Bertz CT molecular complexity index is 1100. The summed E-state index contributed by atoms with van der Waals surface area (Å²) >= 11 is 0. The third-order valence-electron chi connectivity index (χ3n) is 4.45. The lowest BCUT2D eigenvalue weighted by Gasteiger charge is -2.15. The molecule has 0 spiro atoms. The second-order valence-corrected chi connectivity index (χ2v) is 8.03. The van der Waals surface area contributed by atoms with E-state index < -0.39 is 10.0 Å². The van der Waals surface area contributed by atoms with Crippen molar-refractivity contribution in [2.24, 2.45) is 36.8 Å². The normalized spacial score (nSPS) is 14.3. The number of primary sulfonamides is 1. The number of sulfonamides is 1. The van der Waals surface area contributed by atoms with Gasteiger partial charge in [0.1, 0.15) is 5.84 Å². The summed E-state index contributed by atoms with van der Waals surface area (Å²) < 4.78 is 24.6. The predicted octanol–water partition coefficient (Wildman–Crippen LogP) is 1.53. The van der Waals surface area contributed by atoms with Crippen LogP contribution in [0.4, 0.5) is 0 Å². The molecule has 152 valence electrons. The van der Waals surface area contributed by atoms with E-state index in [0.717, 1.165) is 17.5 Å². The van der Waals surface area contributed by atoms with Crippen LogP contribution in [0.25, 0.3) is 11.1 Å². The number of rotatable bonds is 7. The zero-order valence-corrected chi connectivity index (χ0v) is 16.9. The molecular weight excluding hydrogens is 390 g/mol. The maximum atomic E-state index is 12.3. The topological polar surface area (TPSA) is 162 Å². The van der Waals surface area contributed by atoms with Crippen LogP contribution < -0.4 is 16.6 Å². The van der Waals surface area contributed by atoms with E-state index in [0.29, 0.717) is 35.6 Å². The van der Waals surface area contributed by atoms with Crippen molar-refractivity contribution in [2.75, 3.05) is 19.8 Å². The first-order chi connectivity index (χ1) is 13.8. The van der Waals surface area contributed by atoms with Gasteiger partial charge in [0.05, 0.1) is 4.90 Å². The minimum atomic E-state index is -4.00. The lowest BCUT2D eigenvalue weighted by Crippen LogP contribution is -2.19. The van der Waals surface area contributed by atoms with Crippen LogP contribution in [0.5, 0.6) is 0 Å². The van der Waals surface area contributed by atoms with Crippen molar-refractivity contribution < 1.29 is 8.42 Å². The molecule has 0 saturated heterocycles. The molecule has 1 heterocycles. The average Bonchev–Trinajstić information content (AvgIpc) is 3.21. The highest BCUT2D eigenvalue weighted by Gasteiger charge is 2.25. The number of benzene rings is 2. The van der Waals surface area contributed by atoms with Crippen molar-refractivity contribution in [3.05, 3.63) is 53.1 Å². The highest BCUT2D eigenvalue weighted by atomic mass is 32.2. The van der Waals surface area contributed by atoms with Crippen LogP contribution in [0.15, 0.2) is 61.5 Å². The third-order valence-corrected chi connectivity index (χ3v) is 5.54. The minimum absolute atomic E-state index is 0.00142. The number of amidine groups is 2. The maximum Gasteiger partial charge on any atom is 0.239 e. The first kappa shape index (κ1) is 20.8. The van der Waals surface area contributed by atoms with Crippen molar-refractivity contribution in [2.45, 2.75) is 18.2 Å². The Morgan fingerprint density at radius 3 is 2.48 bits per heavy atom. The Morgan fingerprint density at radius 1 is 1.17 bits per heavy atom. The van der Waals surface area contributed by atoms with Gasteiger partial charge in [-0.3, -0.25) is 4.99 Å². The van der Waals surface area contributed by atoms with Gasteiger partial charge in [-0.05, 0) is 36.6 Å². The van der Waals surface area contributed by atoms with Crippen molar-refractivity contribution in [1.29, 1.82) is 0 Å². The highest BCUT2D eigenvalue weighted by molar-refractivity contribution is 7.89. The van der Waals surface area contributed by atoms with Crippen LogP contribution in [0.3, 0.4) is 0 Å². The fraction of sp³-hybridized carbons (Fsp3) is 0.263. The van der Waals surface area contributed by atoms with E-state index in [9.17, 15) is 8.42 Å². The van der Waals surface area contributed by atoms with Gasteiger partial charge < -0.3 is 11.5 Å². The summed E-state index contributed by atoms with van der Waals surface area (Å²) in [6.45, 7) is 2.96. The van der Waals surface area contributed by atoms with Crippen molar-refractivity contribution >= 4 is 21.7 Å². The lowest BCUT2D eigenvalue weighted by molar-refractivity contribution is 0.597. The molecule has 0 aromatic heterocycles. The first-order valence-corrected chi connectivity index (χ1v) is 10.6. The molecular formula is C19H23N7O2S. The number of nitrogens with zero attached hydrogens (tertiary/aromatic N) is 4. The summed E-state index contributed by atoms with van der Waals surface area (Å²) in [5.41, 5.74) is 14.5. The Labute approximate surface area is 169 Å². The van der Waals surface area contributed by atoms with E-state index in [1.165, 1.54) is 0 Å². The molecule has 1 aliphatic heterocycles. The van der Waals surface area contributed by atoms with Gasteiger partial charge in [0, 0.05) is 17.7 Å². The maximum absolute atomic E-state index is 12.3. The summed E-state index contributed by atoms with van der Waals surface area (Å²) in [4.78, 5) is 8.51. The monoisotopic (exact) mass is 413 g/mol. The molecule has 0 saturated carbocycles. The Kier molecular flexibility index (Phi) is 6.16. The Balaban J connectivity index is 2.10. The second-order valence-electron chi connectivity index (χ2n) is 6.53. The molecule has 0 amide bonds. The van der Waals surface area contributed by atoms with E-state index in [-0.39, 0.29) is 17.4 Å². The zero-order valence-electron chi connectivity index (χ0n) is 16.0. The van der Waals surface area contributed by atoms with Crippen LogP contribution >= 0.6 is 0 Å². The van der Waals surface area contributed by atoms with Gasteiger partial charge in [-0.2, -0.15) is 5.11 Å². The van der Waals surface area contributed by atoms with Crippen LogP contribution in [-0.2, 0) is 10.0 Å². The number of azo groups is 1. The molecule has 10 heteroatoms. The van der Waals surface area contributed by atoms with Crippen LogP contribution in [0, 0.1) is 6.92 Å². The van der Waals surface area contributed by atoms with Gasteiger partial charge >= 0.3 is 0 Å². The van der Waals surface area contributed by atoms with Gasteiger partial charge in [0.25, 0.3) is 0 Å². The Morgan fingerprint density at radius 2 is 1.90 bits per heavy atom. The molecule has 6 N–H and O–H groups in total. The first-order valence-electron chi connectivity index (χ1n) is 9.02. The van der Waals surface area contributed by atoms with Gasteiger partial charge in [-0.25, -0.2) is 18.5 Å². The molecule has 0 fully saturated rings. The molecule has 2 aromatic rings. The fourth-order valence-electron chi connectivity index (χ4n) is 3.08. The van der Waals surface area contributed by atoms with Gasteiger partial charge in [0.2, 0.25) is 10.0 Å². The second kappa shape index (κ2) is 8.60. The molecule has 9 nitrogen and oxygen atoms in total. The van der Waals surface area contributed by atoms with E-state index >= 15 is 0 Å². The number of aliphatic imine (C=N–C) groups is 2. The molecule has 3 rings (SSSR count). The standard InChI is InChI=1S/C19H23N7O2S/c1-12-3-8-15(16(17(12)29(22,27)28)19-24-11-25-26-19)13-4-6-14(7-5-13)18(21)23-10-2-9-20/h3-8H,2,9-11,20H2,1H3,(H2,21,23)(H2,22,27,28). The number of hydrogen-bond donors (Lipinski definition) is 3. The highest BCUT2D eigenvalue weighted by Crippen LogP contribution is 2.32. The summed E-state index contributed by atoms with van der Waals surface area (Å²) in [6, 6.07) is 10.9. The van der Waals surface area contributed by atoms with Gasteiger partial charge in [-0.15, -0.1) is 5.11 Å². The summed E-state index contributed by atoms with van der Waals surface area (Å²) in [5, 5.41) is 13.3. The number of hydrogen-bond acceptors (Lipinski definition) is 7. The van der Waals surface area contributed by atoms with Gasteiger partial charge in [-0.1, -0.05) is 36.4 Å². The molecule has 0 bridgehead atoms.